The molecule has 78 valence electrons. The maximum Gasteiger partial charge on any atom is 0.416 e. The molecule has 2 N–H and O–H groups in total. The van der Waals surface area contributed by atoms with Crippen LogP contribution in [0.15, 0.2) is 24.3 Å². The molecule has 0 fully saturated rings. The largest absolute Gasteiger partial charge is 0.416 e. The average Bonchev–Trinajstić information content (AvgIpc) is 2.15. The van der Waals surface area contributed by atoms with Gasteiger partial charge in [0.25, 0.3) is 0 Å². The Kier molecular flexibility index (Phi) is 3.16. The molecule has 0 spiro atoms. The Hall–Kier alpha value is -1.03. The molecule has 4 heteroatoms. The normalized spacial score (nSPS) is 14.1. The van der Waals surface area contributed by atoms with E-state index in [4.69, 9.17) is 5.73 Å². The molecule has 1 aromatic carbocycles. The molecule has 0 heterocycles. The number of hydrogen-bond acceptors (Lipinski definition) is 1. The van der Waals surface area contributed by atoms with Crippen LogP contribution in [0.1, 0.15) is 24.0 Å². The molecule has 1 nitrogen and oxygen atoms in total. The molecule has 0 aliphatic heterocycles. The van der Waals surface area contributed by atoms with Crippen LogP contribution >= 0.6 is 0 Å². The molecule has 0 aliphatic rings. The van der Waals surface area contributed by atoms with E-state index in [1.54, 1.807) is 13.0 Å². The fourth-order valence-electron chi connectivity index (χ4n) is 1.31. The predicted molar refractivity (Wildman–Crippen MR) is 48.9 cm³/mol. The van der Waals surface area contributed by atoms with Gasteiger partial charge in [-0.15, -0.1) is 0 Å². The summed E-state index contributed by atoms with van der Waals surface area (Å²) in [7, 11) is 0. The minimum absolute atomic E-state index is 0.215. The van der Waals surface area contributed by atoms with Gasteiger partial charge in [-0.05, 0) is 24.1 Å². The molecule has 0 radical (unpaired) electrons. The van der Waals surface area contributed by atoms with Crippen LogP contribution in [0.2, 0.25) is 0 Å². The van der Waals surface area contributed by atoms with E-state index in [0.29, 0.717) is 0 Å². The first-order valence-electron chi connectivity index (χ1n) is 4.33. The standard InChI is InChI=1S/C10H12F3N/c1-7(6-14)8-4-2-3-5-9(8)10(11,12)13/h2-5,7H,6,14H2,1H3. The second-order valence-corrected chi connectivity index (χ2v) is 3.22. The minimum Gasteiger partial charge on any atom is -0.330 e. The number of hydrogen-bond donors (Lipinski definition) is 1. The summed E-state index contributed by atoms with van der Waals surface area (Å²) < 4.78 is 37.5. The van der Waals surface area contributed by atoms with E-state index in [1.165, 1.54) is 12.1 Å². The van der Waals surface area contributed by atoms with Gasteiger partial charge in [0.2, 0.25) is 0 Å². The molecule has 0 aliphatic carbocycles. The van der Waals surface area contributed by atoms with E-state index < -0.39 is 11.7 Å². The zero-order chi connectivity index (χ0) is 10.8. The first-order chi connectivity index (χ1) is 6.46. The Labute approximate surface area is 80.7 Å². The molecule has 1 unspecified atom stereocenters. The van der Waals surface area contributed by atoms with Crippen molar-refractivity contribution in [2.45, 2.75) is 19.0 Å². The van der Waals surface area contributed by atoms with Gasteiger partial charge in [0.15, 0.2) is 0 Å². The molecule has 1 rings (SSSR count). The Morgan fingerprint density at radius 3 is 2.36 bits per heavy atom. The number of alkyl halides is 3. The zero-order valence-electron chi connectivity index (χ0n) is 7.81. The first-order valence-corrected chi connectivity index (χ1v) is 4.33. The van der Waals surface area contributed by atoms with Crippen molar-refractivity contribution in [2.24, 2.45) is 5.73 Å². The number of nitrogens with two attached hydrogens (primary N) is 1. The SMILES string of the molecule is CC(CN)c1ccccc1C(F)(F)F. The maximum atomic E-state index is 12.5. The van der Waals surface area contributed by atoms with Crippen LogP contribution in [0.25, 0.3) is 0 Å². The summed E-state index contributed by atoms with van der Waals surface area (Å²) in [5.74, 6) is -0.271. The second kappa shape index (κ2) is 4.00. The van der Waals surface area contributed by atoms with Gasteiger partial charge in [0.1, 0.15) is 0 Å². The average molecular weight is 203 g/mol. The van der Waals surface area contributed by atoms with Crippen molar-refractivity contribution in [3.63, 3.8) is 0 Å². The highest BCUT2D eigenvalue weighted by molar-refractivity contribution is 5.32. The molecule has 0 saturated heterocycles. The van der Waals surface area contributed by atoms with Crippen molar-refractivity contribution in [2.75, 3.05) is 6.54 Å². The van der Waals surface area contributed by atoms with Gasteiger partial charge < -0.3 is 5.73 Å². The van der Waals surface area contributed by atoms with Crippen molar-refractivity contribution in [3.05, 3.63) is 35.4 Å². The van der Waals surface area contributed by atoms with E-state index in [-0.39, 0.29) is 18.0 Å². The highest BCUT2D eigenvalue weighted by Crippen LogP contribution is 2.34. The third-order valence-electron chi connectivity index (χ3n) is 2.15. The van der Waals surface area contributed by atoms with E-state index in [0.717, 1.165) is 6.07 Å². The quantitative estimate of drug-likeness (QED) is 0.785. The summed E-state index contributed by atoms with van der Waals surface area (Å²) >= 11 is 0. The Balaban J connectivity index is 3.16. The van der Waals surface area contributed by atoms with Crippen LogP contribution < -0.4 is 5.73 Å². The summed E-state index contributed by atoms with van der Waals surface area (Å²) in [6, 6.07) is 5.54. The van der Waals surface area contributed by atoms with Crippen molar-refractivity contribution in [1.82, 2.24) is 0 Å². The van der Waals surface area contributed by atoms with Gasteiger partial charge in [0.05, 0.1) is 5.56 Å². The lowest BCUT2D eigenvalue weighted by molar-refractivity contribution is -0.138. The first kappa shape index (κ1) is 11.0. The Morgan fingerprint density at radius 1 is 1.29 bits per heavy atom. The van der Waals surface area contributed by atoms with E-state index >= 15 is 0 Å². The molecular formula is C10H12F3N. The molecule has 1 atom stereocenters. The van der Waals surface area contributed by atoms with Gasteiger partial charge in [0, 0.05) is 0 Å². The molecule has 0 aromatic heterocycles. The zero-order valence-corrected chi connectivity index (χ0v) is 7.81. The Morgan fingerprint density at radius 2 is 1.86 bits per heavy atom. The predicted octanol–water partition coefficient (Wildman–Crippen LogP) is 2.77. The van der Waals surface area contributed by atoms with Gasteiger partial charge >= 0.3 is 6.18 Å². The van der Waals surface area contributed by atoms with Crippen LogP contribution in [-0.2, 0) is 6.18 Å². The summed E-state index contributed by atoms with van der Waals surface area (Å²) in [5.41, 5.74) is 5.03. The summed E-state index contributed by atoms with van der Waals surface area (Å²) in [4.78, 5) is 0. The lowest BCUT2D eigenvalue weighted by atomic mass is 9.95. The van der Waals surface area contributed by atoms with Gasteiger partial charge in [-0.1, -0.05) is 25.1 Å². The highest BCUT2D eigenvalue weighted by atomic mass is 19.4. The molecule has 0 saturated carbocycles. The van der Waals surface area contributed by atoms with E-state index in [2.05, 4.69) is 0 Å². The fraction of sp³-hybridized carbons (Fsp3) is 0.400. The van der Waals surface area contributed by atoms with Crippen LogP contribution in [-0.4, -0.2) is 6.54 Å². The number of rotatable bonds is 2. The van der Waals surface area contributed by atoms with Gasteiger partial charge in [-0.2, -0.15) is 13.2 Å². The fourth-order valence-corrected chi connectivity index (χ4v) is 1.31. The van der Waals surface area contributed by atoms with E-state index in [9.17, 15) is 13.2 Å². The van der Waals surface area contributed by atoms with Crippen molar-refractivity contribution in [3.8, 4) is 0 Å². The third kappa shape index (κ3) is 2.26. The van der Waals surface area contributed by atoms with Crippen LogP contribution in [0.3, 0.4) is 0 Å². The van der Waals surface area contributed by atoms with Crippen LogP contribution in [0.4, 0.5) is 13.2 Å². The highest BCUT2D eigenvalue weighted by Gasteiger charge is 2.33. The number of benzene rings is 1. The van der Waals surface area contributed by atoms with E-state index in [1.807, 2.05) is 0 Å². The summed E-state index contributed by atoms with van der Waals surface area (Å²) in [5, 5.41) is 0. The summed E-state index contributed by atoms with van der Waals surface area (Å²) in [6.45, 7) is 1.90. The van der Waals surface area contributed by atoms with Crippen LogP contribution in [0.5, 0.6) is 0 Å². The molecule has 0 amide bonds. The topological polar surface area (TPSA) is 26.0 Å². The third-order valence-corrected chi connectivity index (χ3v) is 2.15. The van der Waals surface area contributed by atoms with Gasteiger partial charge in [-0.3, -0.25) is 0 Å². The minimum atomic E-state index is -4.29. The lowest BCUT2D eigenvalue weighted by Crippen LogP contribution is -2.15. The molecule has 14 heavy (non-hydrogen) atoms. The monoisotopic (exact) mass is 203 g/mol. The maximum absolute atomic E-state index is 12.5. The van der Waals surface area contributed by atoms with Crippen molar-refractivity contribution >= 4 is 0 Å². The second-order valence-electron chi connectivity index (χ2n) is 3.22. The lowest BCUT2D eigenvalue weighted by Gasteiger charge is -2.16. The summed E-state index contributed by atoms with van der Waals surface area (Å²) in [6.07, 6.45) is -4.29. The molecular weight excluding hydrogens is 191 g/mol. The number of halogens is 3. The van der Waals surface area contributed by atoms with Crippen molar-refractivity contribution < 1.29 is 13.2 Å². The smallest absolute Gasteiger partial charge is 0.330 e. The molecule has 0 bridgehead atoms. The Bertz CT molecular complexity index is 306. The van der Waals surface area contributed by atoms with Gasteiger partial charge in [-0.25, -0.2) is 0 Å². The molecule has 1 aromatic rings. The van der Waals surface area contributed by atoms with Crippen molar-refractivity contribution in [1.29, 1.82) is 0 Å². The van der Waals surface area contributed by atoms with Crippen LogP contribution in [0, 0.1) is 0 Å².